The van der Waals surface area contributed by atoms with Gasteiger partial charge in [-0.2, -0.15) is 0 Å². The fourth-order valence-electron chi connectivity index (χ4n) is 2.82. The molecular weight excluding hydrogens is 326 g/mol. The van der Waals surface area contributed by atoms with Crippen LogP contribution >= 0.6 is 11.3 Å². The number of carbonyl (C=O) groups is 2. The van der Waals surface area contributed by atoms with E-state index in [0.29, 0.717) is 19.6 Å². The van der Waals surface area contributed by atoms with Crippen molar-refractivity contribution in [3.63, 3.8) is 0 Å². The number of carbonyl (C=O) groups excluding carboxylic acids is 2. The minimum Gasteiger partial charge on any atom is -0.467 e. The molecular formula is C17H21N3O3S. The van der Waals surface area contributed by atoms with Gasteiger partial charge in [0, 0.05) is 31.1 Å². The third kappa shape index (κ3) is 4.44. The Morgan fingerprint density at radius 1 is 1.46 bits per heavy atom. The zero-order valence-corrected chi connectivity index (χ0v) is 14.3. The van der Waals surface area contributed by atoms with Gasteiger partial charge in [0.2, 0.25) is 11.8 Å². The molecule has 3 rings (SSSR count). The molecule has 1 N–H and O–H groups in total. The minimum atomic E-state index is -0.258. The Bertz CT molecular complexity index is 655. The maximum absolute atomic E-state index is 12.2. The van der Waals surface area contributed by atoms with E-state index in [9.17, 15) is 9.59 Å². The van der Waals surface area contributed by atoms with Gasteiger partial charge in [-0.1, -0.05) is 0 Å². The first-order valence-electron chi connectivity index (χ1n) is 8.18. The number of hydrogen-bond acceptors (Lipinski definition) is 5. The molecule has 128 valence electrons. The Balaban J connectivity index is 1.35. The van der Waals surface area contributed by atoms with E-state index in [2.05, 4.69) is 10.3 Å². The number of thiazole rings is 1. The molecule has 6 nitrogen and oxygen atoms in total. The molecule has 1 saturated heterocycles. The van der Waals surface area contributed by atoms with E-state index in [-0.39, 0.29) is 24.2 Å². The van der Waals surface area contributed by atoms with Crippen LogP contribution in [0.25, 0.3) is 0 Å². The number of nitrogens with zero attached hydrogens (tertiary/aromatic N) is 2. The minimum absolute atomic E-state index is 0.00956. The first-order chi connectivity index (χ1) is 11.7. The van der Waals surface area contributed by atoms with Crippen molar-refractivity contribution < 1.29 is 14.0 Å². The van der Waals surface area contributed by atoms with Crippen LogP contribution < -0.4 is 5.32 Å². The van der Waals surface area contributed by atoms with Crippen LogP contribution in [0.1, 0.15) is 30.0 Å². The quantitative estimate of drug-likeness (QED) is 0.743. The van der Waals surface area contributed by atoms with E-state index in [4.69, 9.17) is 4.42 Å². The highest BCUT2D eigenvalue weighted by Crippen LogP contribution is 2.20. The van der Waals surface area contributed by atoms with E-state index in [1.807, 2.05) is 17.6 Å². The average molecular weight is 347 g/mol. The molecule has 0 aromatic carbocycles. The largest absolute Gasteiger partial charge is 0.467 e. The zero-order valence-electron chi connectivity index (χ0n) is 13.4. The molecule has 0 spiro atoms. The summed E-state index contributed by atoms with van der Waals surface area (Å²) in [6.07, 6.45) is 6.56. The van der Waals surface area contributed by atoms with Gasteiger partial charge in [0.25, 0.3) is 0 Å². The summed E-state index contributed by atoms with van der Waals surface area (Å²) in [5.74, 6) is 0.466. The summed E-state index contributed by atoms with van der Waals surface area (Å²) in [6.45, 7) is 1.54. The molecule has 0 aliphatic carbocycles. The van der Waals surface area contributed by atoms with Gasteiger partial charge in [-0.15, -0.1) is 11.3 Å². The van der Waals surface area contributed by atoms with Crippen molar-refractivity contribution in [3.8, 4) is 0 Å². The second-order valence-corrected chi connectivity index (χ2v) is 6.91. The SMILES string of the molecule is O=C(NCCCCc1nccs1)[C@@H]1CC(=O)N(Cc2ccco2)C1. The summed E-state index contributed by atoms with van der Waals surface area (Å²) in [4.78, 5) is 30.2. The van der Waals surface area contributed by atoms with Crippen LogP contribution in [0.5, 0.6) is 0 Å². The van der Waals surface area contributed by atoms with E-state index in [1.165, 1.54) is 0 Å². The smallest absolute Gasteiger partial charge is 0.225 e. The fourth-order valence-corrected chi connectivity index (χ4v) is 3.49. The lowest BCUT2D eigenvalue weighted by atomic mass is 10.1. The predicted molar refractivity (Wildman–Crippen MR) is 90.3 cm³/mol. The number of hydrogen-bond donors (Lipinski definition) is 1. The summed E-state index contributed by atoms with van der Waals surface area (Å²) >= 11 is 1.66. The standard InChI is InChI=1S/C17H21N3O3S/c21-16-10-13(11-20(16)12-14-4-3-8-23-14)17(22)19-6-2-1-5-15-18-7-9-24-15/h3-4,7-9,13H,1-2,5-6,10-12H2,(H,19,22)/t13-/m1/s1. The van der Waals surface area contributed by atoms with Crippen LogP contribution in [-0.4, -0.2) is 34.8 Å². The van der Waals surface area contributed by atoms with Crippen molar-refractivity contribution in [1.29, 1.82) is 0 Å². The maximum atomic E-state index is 12.2. The van der Waals surface area contributed by atoms with Gasteiger partial charge in [0.15, 0.2) is 0 Å². The highest BCUT2D eigenvalue weighted by molar-refractivity contribution is 7.09. The number of aryl methyl sites for hydroxylation is 1. The first kappa shape index (κ1) is 16.7. The topological polar surface area (TPSA) is 75.4 Å². The molecule has 2 aromatic rings. The summed E-state index contributed by atoms with van der Waals surface area (Å²) in [7, 11) is 0. The van der Waals surface area contributed by atoms with Crippen LogP contribution in [0.4, 0.5) is 0 Å². The van der Waals surface area contributed by atoms with Crippen molar-refractivity contribution in [3.05, 3.63) is 40.7 Å². The molecule has 1 atom stereocenters. The second kappa shape index (κ2) is 8.10. The number of rotatable bonds is 8. The highest BCUT2D eigenvalue weighted by Gasteiger charge is 2.34. The molecule has 2 aromatic heterocycles. The van der Waals surface area contributed by atoms with Crippen molar-refractivity contribution in [1.82, 2.24) is 15.2 Å². The van der Waals surface area contributed by atoms with E-state index >= 15 is 0 Å². The van der Waals surface area contributed by atoms with Gasteiger partial charge < -0.3 is 14.6 Å². The number of amides is 2. The molecule has 1 aliphatic heterocycles. The summed E-state index contributed by atoms with van der Waals surface area (Å²) in [6, 6.07) is 3.63. The van der Waals surface area contributed by atoms with Gasteiger partial charge in [0.05, 0.1) is 23.7 Å². The van der Waals surface area contributed by atoms with Crippen LogP contribution in [-0.2, 0) is 22.6 Å². The van der Waals surface area contributed by atoms with Gasteiger partial charge >= 0.3 is 0 Å². The Morgan fingerprint density at radius 3 is 3.12 bits per heavy atom. The van der Waals surface area contributed by atoms with E-state index in [1.54, 1.807) is 28.6 Å². The Hall–Kier alpha value is -2.15. The van der Waals surface area contributed by atoms with Crippen LogP contribution in [0.15, 0.2) is 34.4 Å². The number of aromatic nitrogens is 1. The maximum Gasteiger partial charge on any atom is 0.225 e. The third-order valence-electron chi connectivity index (χ3n) is 4.11. The molecule has 0 unspecified atom stereocenters. The summed E-state index contributed by atoms with van der Waals surface area (Å²) in [5.41, 5.74) is 0. The zero-order chi connectivity index (χ0) is 16.8. The fraction of sp³-hybridized carbons (Fsp3) is 0.471. The predicted octanol–water partition coefficient (Wildman–Crippen LogP) is 2.22. The Morgan fingerprint density at radius 2 is 2.38 bits per heavy atom. The molecule has 0 saturated carbocycles. The number of unbranched alkanes of at least 4 members (excludes halogenated alkanes) is 1. The van der Waals surface area contributed by atoms with E-state index < -0.39 is 0 Å². The van der Waals surface area contributed by atoms with E-state index in [0.717, 1.165) is 30.0 Å². The lowest BCUT2D eigenvalue weighted by molar-refractivity contribution is -0.129. The third-order valence-corrected chi connectivity index (χ3v) is 4.95. The molecule has 1 aliphatic rings. The molecule has 1 fully saturated rings. The van der Waals surface area contributed by atoms with Crippen LogP contribution in [0.3, 0.4) is 0 Å². The lowest BCUT2D eigenvalue weighted by Gasteiger charge is -2.15. The Labute approximate surface area is 144 Å². The van der Waals surface area contributed by atoms with Crippen LogP contribution in [0.2, 0.25) is 0 Å². The number of likely N-dealkylation sites (tertiary alicyclic amines) is 1. The van der Waals surface area contributed by atoms with Gasteiger partial charge in [0.1, 0.15) is 5.76 Å². The average Bonchev–Trinajstić information content (AvgIpc) is 3.31. The molecule has 2 amide bonds. The molecule has 7 heteroatoms. The number of nitrogens with one attached hydrogen (secondary N) is 1. The Kier molecular flexibility index (Phi) is 5.63. The molecule has 0 radical (unpaired) electrons. The van der Waals surface area contributed by atoms with Crippen LogP contribution in [0, 0.1) is 5.92 Å². The van der Waals surface area contributed by atoms with Crippen molar-refractivity contribution in [2.75, 3.05) is 13.1 Å². The first-order valence-corrected chi connectivity index (χ1v) is 9.06. The summed E-state index contributed by atoms with van der Waals surface area (Å²) < 4.78 is 5.26. The van der Waals surface area contributed by atoms with Gasteiger partial charge in [-0.3, -0.25) is 9.59 Å². The monoisotopic (exact) mass is 347 g/mol. The molecule has 0 bridgehead atoms. The van der Waals surface area contributed by atoms with Crippen molar-refractivity contribution >= 4 is 23.2 Å². The van der Waals surface area contributed by atoms with Crippen molar-refractivity contribution in [2.45, 2.75) is 32.2 Å². The normalized spacial score (nSPS) is 17.4. The molecule has 3 heterocycles. The lowest BCUT2D eigenvalue weighted by Crippen LogP contribution is -2.33. The highest BCUT2D eigenvalue weighted by atomic mass is 32.1. The van der Waals surface area contributed by atoms with Gasteiger partial charge in [-0.25, -0.2) is 4.98 Å². The molecule has 24 heavy (non-hydrogen) atoms. The summed E-state index contributed by atoms with van der Waals surface area (Å²) in [5, 5.41) is 6.06. The number of furan rings is 1. The van der Waals surface area contributed by atoms with Crippen molar-refractivity contribution in [2.24, 2.45) is 5.92 Å². The van der Waals surface area contributed by atoms with Gasteiger partial charge in [-0.05, 0) is 31.4 Å². The second-order valence-electron chi connectivity index (χ2n) is 5.93.